The molecule has 0 spiro atoms. The van der Waals surface area contributed by atoms with E-state index in [0.717, 1.165) is 4.31 Å². The van der Waals surface area contributed by atoms with Crippen molar-refractivity contribution in [1.82, 2.24) is 23.9 Å². The van der Waals surface area contributed by atoms with Crippen LogP contribution in [-0.4, -0.2) is 58.5 Å². The Bertz CT molecular complexity index is 694. The van der Waals surface area contributed by atoms with Crippen LogP contribution in [0.1, 0.15) is 0 Å². The molecule has 102 valence electrons. The van der Waals surface area contributed by atoms with E-state index in [9.17, 15) is 12.3 Å². The SMILES string of the molecule is O=S(=O)(F)N1CCN(c2nccn3cnnc23)CC1. The highest BCUT2D eigenvalue weighted by molar-refractivity contribution is 7.83. The fourth-order valence-electron chi connectivity index (χ4n) is 2.09. The van der Waals surface area contributed by atoms with Crippen molar-refractivity contribution in [3.05, 3.63) is 18.7 Å². The highest BCUT2D eigenvalue weighted by atomic mass is 32.3. The normalized spacial score (nSPS) is 18.1. The number of anilines is 1. The van der Waals surface area contributed by atoms with Crippen LogP contribution in [0.15, 0.2) is 18.7 Å². The zero-order valence-corrected chi connectivity index (χ0v) is 10.7. The molecule has 3 heterocycles. The van der Waals surface area contributed by atoms with E-state index in [1.54, 1.807) is 23.1 Å². The monoisotopic (exact) mass is 286 g/mol. The van der Waals surface area contributed by atoms with Gasteiger partial charge in [0.15, 0.2) is 5.82 Å². The van der Waals surface area contributed by atoms with E-state index in [-0.39, 0.29) is 13.1 Å². The highest BCUT2D eigenvalue weighted by Crippen LogP contribution is 2.19. The molecule has 8 nitrogen and oxygen atoms in total. The summed E-state index contributed by atoms with van der Waals surface area (Å²) in [6.45, 7) is 0.913. The number of nitrogens with zero attached hydrogens (tertiary/aromatic N) is 6. The predicted molar refractivity (Wildman–Crippen MR) is 64.6 cm³/mol. The molecule has 2 aromatic heterocycles. The molecule has 0 bridgehead atoms. The fourth-order valence-corrected chi connectivity index (χ4v) is 2.69. The number of aromatic nitrogens is 4. The van der Waals surface area contributed by atoms with Crippen LogP contribution < -0.4 is 4.90 Å². The molecular formula is C9H11FN6O2S. The molecule has 3 rings (SSSR count). The van der Waals surface area contributed by atoms with Crippen LogP contribution in [0.4, 0.5) is 9.70 Å². The number of halogens is 1. The molecule has 1 aliphatic rings. The van der Waals surface area contributed by atoms with Gasteiger partial charge in [-0.2, -0.15) is 12.7 Å². The lowest BCUT2D eigenvalue weighted by Crippen LogP contribution is -2.48. The van der Waals surface area contributed by atoms with Crippen LogP contribution in [-0.2, 0) is 10.4 Å². The van der Waals surface area contributed by atoms with E-state index >= 15 is 0 Å². The molecule has 0 N–H and O–H groups in total. The molecule has 0 atom stereocenters. The quantitative estimate of drug-likeness (QED) is 0.690. The van der Waals surface area contributed by atoms with Crippen molar-refractivity contribution in [3.8, 4) is 0 Å². The van der Waals surface area contributed by atoms with Gasteiger partial charge in [-0.3, -0.25) is 4.40 Å². The zero-order chi connectivity index (χ0) is 13.5. The summed E-state index contributed by atoms with van der Waals surface area (Å²) < 4.78 is 37.0. The lowest BCUT2D eigenvalue weighted by molar-refractivity contribution is 0.362. The average Bonchev–Trinajstić information content (AvgIpc) is 2.86. The summed E-state index contributed by atoms with van der Waals surface area (Å²) in [4.78, 5) is 6.10. The molecule has 0 unspecified atom stereocenters. The molecule has 0 saturated carbocycles. The molecular weight excluding hydrogens is 275 g/mol. The average molecular weight is 286 g/mol. The lowest BCUT2D eigenvalue weighted by atomic mass is 10.3. The second-order valence-corrected chi connectivity index (χ2v) is 5.48. The molecule has 0 aliphatic carbocycles. The van der Waals surface area contributed by atoms with Crippen molar-refractivity contribution in [1.29, 1.82) is 0 Å². The number of hydrogen-bond acceptors (Lipinski definition) is 6. The molecule has 0 radical (unpaired) electrons. The van der Waals surface area contributed by atoms with Crippen LogP contribution in [0, 0.1) is 0 Å². The van der Waals surface area contributed by atoms with E-state index in [0.29, 0.717) is 24.6 Å². The van der Waals surface area contributed by atoms with E-state index in [1.165, 1.54) is 0 Å². The standard InChI is InChI=1S/C9H11FN6O2S/c10-19(17,18)16-5-3-14(4-6-16)8-9-13-12-7-15(9)2-1-11-8/h1-2,7H,3-6H2. The topological polar surface area (TPSA) is 83.7 Å². The van der Waals surface area contributed by atoms with Crippen molar-refractivity contribution in [2.75, 3.05) is 31.1 Å². The molecule has 0 aromatic carbocycles. The third-order valence-corrected chi connectivity index (χ3v) is 4.03. The Morgan fingerprint density at radius 3 is 2.63 bits per heavy atom. The summed E-state index contributed by atoms with van der Waals surface area (Å²) in [5.74, 6) is 0.621. The Morgan fingerprint density at radius 1 is 1.21 bits per heavy atom. The summed E-state index contributed by atoms with van der Waals surface area (Å²) >= 11 is 0. The van der Waals surface area contributed by atoms with Gasteiger partial charge in [-0.05, 0) is 0 Å². The Labute approximate surface area is 108 Å². The number of hydrogen-bond donors (Lipinski definition) is 0. The van der Waals surface area contributed by atoms with Gasteiger partial charge in [0.05, 0.1) is 0 Å². The fraction of sp³-hybridized carbons (Fsp3) is 0.444. The lowest BCUT2D eigenvalue weighted by Gasteiger charge is -2.32. The first-order valence-electron chi connectivity index (χ1n) is 5.65. The maximum Gasteiger partial charge on any atom is 0.374 e. The van der Waals surface area contributed by atoms with Crippen LogP contribution in [0.3, 0.4) is 0 Å². The maximum absolute atomic E-state index is 12.8. The summed E-state index contributed by atoms with van der Waals surface area (Å²) in [5.41, 5.74) is 0.596. The van der Waals surface area contributed by atoms with E-state index in [2.05, 4.69) is 15.2 Å². The Kier molecular flexibility index (Phi) is 2.82. The van der Waals surface area contributed by atoms with Gasteiger partial charge in [0, 0.05) is 38.6 Å². The first-order chi connectivity index (χ1) is 9.05. The first-order valence-corrected chi connectivity index (χ1v) is 6.99. The third kappa shape index (κ3) is 2.24. The second kappa shape index (κ2) is 4.38. The summed E-state index contributed by atoms with van der Waals surface area (Å²) in [6.07, 6.45) is 4.90. The van der Waals surface area contributed by atoms with Gasteiger partial charge >= 0.3 is 10.4 Å². The van der Waals surface area contributed by atoms with Crippen molar-refractivity contribution in [2.45, 2.75) is 0 Å². The smallest absolute Gasteiger partial charge is 0.351 e. The number of fused-ring (bicyclic) bond motifs is 1. The van der Waals surface area contributed by atoms with E-state index < -0.39 is 10.4 Å². The highest BCUT2D eigenvalue weighted by Gasteiger charge is 2.27. The van der Waals surface area contributed by atoms with Crippen molar-refractivity contribution < 1.29 is 12.3 Å². The first kappa shape index (κ1) is 12.2. The minimum atomic E-state index is -4.61. The maximum atomic E-state index is 12.8. The van der Waals surface area contributed by atoms with Crippen LogP contribution >= 0.6 is 0 Å². The Balaban J connectivity index is 1.84. The molecule has 2 aromatic rings. The number of piperazine rings is 1. The predicted octanol–water partition coefficient (Wildman–Crippen LogP) is -0.539. The largest absolute Gasteiger partial charge is 0.374 e. The van der Waals surface area contributed by atoms with Gasteiger partial charge < -0.3 is 4.90 Å². The summed E-state index contributed by atoms with van der Waals surface area (Å²) in [5, 5.41) is 7.76. The molecule has 1 fully saturated rings. The van der Waals surface area contributed by atoms with Crippen LogP contribution in [0.25, 0.3) is 5.65 Å². The van der Waals surface area contributed by atoms with Crippen LogP contribution in [0.2, 0.25) is 0 Å². The van der Waals surface area contributed by atoms with Gasteiger partial charge in [0.2, 0.25) is 5.65 Å². The van der Waals surface area contributed by atoms with E-state index in [1.807, 2.05) is 4.90 Å². The molecule has 1 saturated heterocycles. The van der Waals surface area contributed by atoms with Crippen molar-refractivity contribution in [2.24, 2.45) is 0 Å². The molecule has 0 amide bonds. The van der Waals surface area contributed by atoms with Gasteiger partial charge in [-0.1, -0.05) is 3.89 Å². The van der Waals surface area contributed by atoms with Crippen LogP contribution in [0.5, 0.6) is 0 Å². The zero-order valence-electron chi connectivity index (χ0n) is 9.85. The summed E-state index contributed by atoms with van der Waals surface area (Å²) in [7, 11) is -4.61. The van der Waals surface area contributed by atoms with Crippen molar-refractivity contribution in [3.63, 3.8) is 0 Å². The molecule has 10 heteroatoms. The minimum absolute atomic E-state index is 0.0930. The third-order valence-electron chi connectivity index (χ3n) is 3.04. The van der Waals surface area contributed by atoms with Crippen molar-refractivity contribution >= 4 is 21.9 Å². The summed E-state index contributed by atoms with van der Waals surface area (Å²) in [6, 6.07) is 0. The van der Waals surface area contributed by atoms with Gasteiger partial charge in [-0.25, -0.2) is 4.98 Å². The number of rotatable bonds is 2. The van der Waals surface area contributed by atoms with Gasteiger partial charge in [0.1, 0.15) is 6.33 Å². The Morgan fingerprint density at radius 2 is 1.95 bits per heavy atom. The minimum Gasteiger partial charge on any atom is -0.351 e. The second-order valence-electron chi connectivity index (χ2n) is 4.14. The van der Waals surface area contributed by atoms with E-state index in [4.69, 9.17) is 0 Å². The van der Waals surface area contributed by atoms with Gasteiger partial charge in [-0.15, -0.1) is 10.2 Å². The Hall–Kier alpha value is -1.81. The molecule has 1 aliphatic heterocycles. The van der Waals surface area contributed by atoms with Gasteiger partial charge in [0.25, 0.3) is 0 Å². The molecule has 19 heavy (non-hydrogen) atoms.